The summed E-state index contributed by atoms with van der Waals surface area (Å²) >= 11 is 0. The van der Waals surface area contributed by atoms with E-state index in [0.717, 1.165) is 30.4 Å². The van der Waals surface area contributed by atoms with Crippen LogP contribution in [0.3, 0.4) is 0 Å². The lowest BCUT2D eigenvalue weighted by molar-refractivity contribution is -0.340. The highest BCUT2D eigenvalue weighted by molar-refractivity contribution is 8.76. The monoisotopic (exact) mass is 937 g/mol. The number of benzene rings is 3. The summed E-state index contributed by atoms with van der Waals surface area (Å²) in [6, 6.07) is 18.2. The van der Waals surface area contributed by atoms with E-state index < -0.39 is 54.2 Å². The summed E-state index contributed by atoms with van der Waals surface area (Å²) < 4.78 is 24.3. The molecule has 2 fully saturated rings. The Hall–Kier alpha value is -5.58. The number of nitrogens with zero attached hydrogens (tertiary/aromatic N) is 1. The van der Waals surface area contributed by atoms with Crippen LogP contribution in [0, 0.1) is 29.6 Å². The highest BCUT2D eigenvalue weighted by Crippen LogP contribution is 2.46. The first-order valence-corrected chi connectivity index (χ1v) is 24.2. The van der Waals surface area contributed by atoms with Crippen molar-refractivity contribution in [3.05, 3.63) is 107 Å². The molecule has 0 bridgehead atoms. The molecule has 0 radical (unpaired) electrons. The zero-order valence-electron chi connectivity index (χ0n) is 35.8. The number of carbonyl (C=O) groups is 3. The fourth-order valence-electron chi connectivity index (χ4n) is 9.31. The van der Waals surface area contributed by atoms with Gasteiger partial charge in [0, 0.05) is 37.4 Å². The van der Waals surface area contributed by atoms with Crippen molar-refractivity contribution in [2.45, 2.75) is 67.9 Å². The number of fused-ring (bicyclic) bond motifs is 3. The van der Waals surface area contributed by atoms with Gasteiger partial charge in [-0.15, -0.1) is 11.8 Å². The number of phenols is 1. The highest BCUT2D eigenvalue weighted by atomic mass is 33.1. The van der Waals surface area contributed by atoms with Crippen molar-refractivity contribution in [1.82, 2.24) is 5.32 Å². The molecule has 0 aromatic heterocycles. The second-order valence-electron chi connectivity index (χ2n) is 16.8. The first kappa shape index (κ1) is 46.9. The van der Waals surface area contributed by atoms with Gasteiger partial charge < -0.3 is 55.5 Å². The van der Waals surface area contributed by atoms with Gasteiger partial charge in [-0.2, -0.15) is 0 Å². The number of aliphatic hydroxyl groups is 3. The third-order valence-corrected chi connectivity index (χ3v) is 14.9. The average Bonchev–Trinajstić information content (AvgIpc) is 3.84. The molecule has 8 N–H and O–H groups in total. The minimum Gasteiger partial charge on any atom is -0.508 e. The summed E-state index contributed by atoms with van der Waals surface area (Å²) in [5.74, 6) is 3.98. The smallest absolute Gasteiger partial charge is 0.335 e. The van der Waals surface area contributed by atoms with Gasteiger partial charge in [0.05, 0.1) is 17.7 Å². The summed E-state index contributed by atoms with van der Waals surface area (Å²) in [6.07, 6.45) is 4.71. The molecule has 0 spiro atoms. The van der Waals surface area contributed by atoms with Gasteiger partial charge in [-0.25, -0.2) is 4.79 Å². The van der Waals surface area contributed by atoms with Crippen LogP contribution in [0.15, 0.2) is 89.4 Å². The maximum Gasteiger partial charge on any atom is 0.335 e. The van der Waals surface area contributed by atoms with Gasteiger partial charge in [0.2, 0.25) is 12.4 Å². The van der Waals surface area contributed by atoms with E-state index in [1.54, 1.807) is 0 Å². The summed E-state index contributed by atoms with van der Waals surface area (Å²) in [5.41, 5.74) is 4.58. The summed E-state index contributed by atoms with van der Waals surface area (Å²) in [4.78, 5) is 43.4. The van der Waals surface area contributed by atoms with Crippen LogP contribution in [0.2, 0.25) is 0 Å². The van der Waals surface area contributed by atoms with Crippen LogP contribution in [0.5, 0.6) is 17.2 Å². The van der Waals surface area contributed by atoms with Crippen molar-refractivity contribution in [1.29, 1.82) is 0 Å². The number of aliphatic imine (C=N–C) groups is 1. The third kappa shape index (κ3) is 9.50. The number of hydrogen-bond donors (Lipinski definition) is 7. The number of carboxylic acids is 1. The number of aliphatic hydroxyl groups excluding tert-OH is 2. The number of amides is 1. The van der Waals surface area contributed by atoms with Crippen LogP contribution in [-0.2, 0) is 30.3 Å². The maximum atomic E-state index is 13.5. The lowest BCUT2D eigenvalue weighted by atomic mass is 9.73. The van der Waals surface area contributed by atoms with E-state index in [1.807, 2.05) is 18.3 Å². The maximum absolute atomic E-state index is 13.5. The van der Waals surface area contributed by atoms with Gasteiger partial charge in [-0.3, -0.25) is 14.6 Å². The first-order valence-electron chi connectivity index (χ1n) is 21.7. The number of ether oxygens (including phenoxy) is 4. The number of carbonyl (C=O) groups excluding carboxylic acids is 2. The second-order valence-corrected chi connectivity index (χ2v) is 19.2. The molecule has 9 atom stereocenters. The molecule has 0 saturated carbocycles. The average molecular weight is 938 g/mol. The third-order valence-electron chi connectivity index (χ3n) is 12.8. The largest absolute Gasteiger partial charge is 0.508 e. The Bertz CT molecular complexity index is 2500. The molecule has 4 aliphatic heterocycles. The zero-order chi connectivity index (χ0) is 46.4. The van der Waals surface area contributed by atoms with E-state index in [2.05, 4.69) is 52.5 Å². The highest BCUT2D eigenvalue weighted by Gasteiger charge is 2.69. The predicted molar refractivity (Wildman–Crippen MR) is 250 cm³/mol. The number of allylic oxidation sites excluding steroid dienone is 2. The number of primary amides is 1. The number of aryl methyl sites for hydroxylation is 1. The summed E-state index contributed by atoms with van der Waals surface area (Å²) in [5, 5.41) is 59.7. The number of nitrogens with two attached hydrogens (primary N) is 1. The Kier molecular flexibility index (Phi) is 14.6. The Balaban J connectivity index is 1.15. The fourth-order valence-corrected chi connectivity index (χ4v) is 11.4. The zero-order valence-corrected chi connectivity index (χ0v) is 37.4. The summed E-state index contributed by atoms with van der Waals surface area (Å²) in [6.45, 7) is 0.345. The van der Waals surface area contributed by atoms with Crippen LogP contribution in [0.1, 0.15) is 47.9 Å². The molecule has 1 amide bonds. The molecule has 66 heavy (non-hydrogen) atoms. The van der Waals surface area contributed by atoms with Crippen LogP contribution < -0.4 is 20.5 Å². The molecular weight excluding hydrogens is 887 g/mol. The van der Waals surface area contributed by atoms with E-state index in [1.165, 1.54) is 69.6 Å². The number of hydrogen-bond acceptors (Lipinski definition) is 15. The minimum atomic E-state index is -2.61. The quantitative estimate of drug-likeness (QED) is 0.0900. The topological polar surface area (TPSA) is 240 Å². The number of rotatable bonds is 8. The first-order chi connectivity index (χ1) is 31.9. The van der Waals surface area contributed by atoms with Crippen molar-refractivity contribution < 1.29 is 58.9 Å². The molecule has 8 rings (SSSR count). The number of phenolic OH excluding ortho intramolecular Hbond substituents is 1. The molecule has 5 aliphatic rings. The number of aromatic hydroxyl groups is 1. The standard InChI is InChI=1S/C49H51N3O12S2/c50-45(57)42-40(32-14-16-34(54)17-15-32)41(55)36-19-18-35(22-39(36)63-42)62-47-48(60)26-52-24-37(31-11-4-2-1-3-8-29-9-5-6-10-30(29)12-7-13-31)38(33-20-21-51-23-33)25-65-66-28-61-49(48,27-53)44(56)43(64-47)46(58)59/h5-7,9-10,12,14-20,22-23,27,31,37-38,42-44,47,52,54-56,60H,1,3,8,11,13,21,24-26,28H2,(H2,50,57)(H,58,59). The van der Waals surface area contributed by atoms with E-state index >= 15 is 0 Å². The molecular formula is C49H51N3O12S2. The normalized spacial score (nSPS) is 30.4. The van der Waals surface area contributed by atoms with Gasteiger partial charge in [0.1, 0.15) is 35.1 Å². The number of carboxylic acid groups (broad SMARTS) is 1. The molecule has 1 aliphatic carbocycles. The fraction of sp³-hybridized carbons (Fsp3) is 0.388. The van der Waals surface area contributed by atoms with E-state index in [-0.39, 0.29) is 70.7 Å². The van der Waals surface area contributed by atoms with Gasteiger partial charge in [-0.1, -0.05) is 76.2 Å². The van der Waals surface area contributed by atoms with Gasteiger partial charge in [-0.05, 0) is 90.1 Å². The molecule has 3 aromatic rings. The van der Waals surface area contributed by atoms with Gasteiger partial charge in [0.15, 0.2) is 23.6 Å². The molecule has 17 heteroatoms. The van der Waals surface area contributed by atoms with E-state index in [9.17, 15) is 39.9 Å². The Labute approximate surface area is 389 Å². The second kappa shape index (κ2) is 20.5. The van der Waals surface area contributed by atoms with Crippen molar-refractivity contribution in [2.24, 2.45) is 28.5 Å². The van der Waals surface area contributed by atoms with Gasteiger partial charge >= 0.3 is 5.97 Å². The van der Waals surface area contributed by atoms with Crippen molar-refractivity contribution >= 4 is 63.4 Å². The lowest BCUT2D eigenvalue weighted by Gasteiger charge is -2.53. The van der Waals surface area contributed by atoms with Crippen LogP contribution >= 0.6 is 21.6 Å². The van der Waals surface area contributed by atoms with Crippen LogP contribution in [-0.4, -0.2) is 117 Å². The van der Waals surface area contributed by atoms with E-state index in [0.29, 0.717) is 30.7 Å². The van der Waals surface area contributed by atoms with Gasteiger partial charge in [0.25, 0.3) is 5.91 Å². The molecule has 2 saturated heterocycles. The molecule has 4 heterocycles. The van der Waals surface area contributed by atoms with E-state index in [4.69, 9.17) is 24.7 Å². The van der Waals surface area contributed by atoms with Crippen LogP contribution in [0.4, 0.5) is 0 Å². The molecule has 15 nitrogen and oxygen atoms in total. The Morgan fingerprint density at radius 2 is 1.88 bits per heavy atom. The predicted octanol–water partition coefficient (Wildman–Crippen LogP) is 4.93. The number of β-amino-alcohol motifs (C(OH)–C–C–N with tert-alkyl or cyclic N) is 1. The number of aldehydes is 1. The molecule has 3 aromatic carbocycles. The van der Waals surface area contributed by atoms with Crippen molar-refractivity contribution in [2.75, 3.05) is 31.3 Å². The molecule has 9 unspecified atom stereocenters. The Morgan fingerprint density at radius 3 is 2.64 bits per heavy atom. The minimum absolute atomic E-state index is 0.0133. The van der Waals surface area contributed by atoms with Crippen molar-refractivity contribution in [3.8, 4) is 29.1 Å². The number of nitrogens with one attached hydrogen (secondary N) is 1. The number of aliphatic carboxylic acids is 1. The SMILES string of the molecule is NC(=O)C1Oc2cc(OC3OC(C(=O)O)C(O)C4(C=O)OCSSCC(C5=CCN=C5)C(C5CC#CCCCc6ccccc6C=CC5)CNCC34O)ccc2C(O)=C1c1ccc(O)cc1. The summed E-state index contributed by atoms with van der Waals surface area (Å²) in [7, 11) is 2.73. The van der Waals surface area contributed by atoms with Crippen molar-refractivity contribution in [3.63, 3.8) is 0 Å². The Morgan fingerprint density at radius 1 is 1.06 bits per heavy atom. The molecule has 346 valence electrons. The lowest BCUT2D eigenvalue weighted by Crippen LogP contribution is -2.80. The van der Waals surface area contributed by atoms with Crippen LogP contribution in [0.25, 0.3) is 17.4 Å².